The number of hydrogen-bond acceptors (Lipinski definition) is 6. The lowest BCUT2D eigenvalue weighted by atomic mass is 10.2. The summed E-state index contributed by atoms with van der Waals surface area (Å²) in [6.45, 7) is 2.36. The van der Waals surface area contributed by atoms with Gasteiger partial charge in [0.2, 0.25) is 11.5 Å². The topological polar surface area (TPSA) is 77.6 Å². The Bertz CT molecular complexity index is 1000. The zero-order valence-electron chi connectivity index (χ0n) is 13.7. The molecule has 130 valence electrons. The van der Waals surface area contributed by atoms with Gasteiger partial charge in [0.25, 0.3) is 5.56 Å². The van der Waals surface area contributed by atoms with Gasteiger partial charge in [-0.2, -0.15) is 0 Å². The molecule has 1 aliphatic rings. The van der Waals surface area contributed by atoms with E-state index in [4.69, 9.17) is 9.15 Å². The third-order valence-corrected chi connectivity index (χ3v) is 5.27. The number of aromatic nitrogens is 2. The van der Waals surface area contributed by atoms with Gasteiger partial charge < -0.3 is 14.1 Å². The Balaban J connectivity index is 1.65. The fraction of sp³-hybridized carbons (Fsp3) is 0.353. The molecule has 3 aromatic rings. The monoisotopic (exact) mass is 359 g/mol. The number of nitrogens with zero attached hydrogens (tertiary/aromatic N) is 3. The maximum atomic E-state index is 12.6. The summed E-state index contributed by atoms with van der Waals surface area (Å²) in [5.74, 6) is 0.265. The predicted octanol–water partition coefficient (Wildman–Crippen LogP) is 1.63. The van der Waals surface area contributed by atoms with Crippen LogP contribution in [-0.2, 0) is 16.6 Å². The van der Waals surface area contributed by atoms with Gasteiger partial charge in [0.1, 0.15) is 11.1 Å². The van der Waals surface area contributed by atoms with Gasteiger partial charge in [0.15, 0.2) is 5.16 Å². The maximum Gasteiger partial charge on any atom is 0.297 e. The van der Waals surface area contributed by atoms with Crippen molar-refractivity contribution in [2.45, 2.75) is 5.16 Å². The first-order valence-corrected chi connectivity index (χ1v) is 9.00. The number of amides is 1. The molecule has 4 rings (SSSR count). The standard InChI is InChI=1S/C17H17N3O4S/c1-19-16(22)15-14(11-4-2-3-5-12(11)24-15)18-17(19)25-10-13(21)20-6-8-23-9-7-20/h2-5H,6-10H2,1H3. The van der Waals surface area contributed by atoms with Crippen LogP contribution < -0.4 is 5.56 Å². The van der Waals surface area contributed by atoms with Crippen molar-refractivity contribution < 1.29 is 13.9 Å². The largest absolute Gasteiger partial charge is 0.448 e. The van der Waals surface area contributed by atoms with E-state index < -0.39 is 0 Å². The quantitative estimate of drug-likeness (QED) is 0.522. The zero-order chi connectivity index (χ0) is 17.4. The number of ether oxygens (including phenoxy) is 1. The van der Waals surface area contributed by atoms with Crippen LogP contribution in [0.2, 0.25) is 0 Å². The van der Waals surface area contributed by atoms with Crippen molar-refractivity contribution in [2.24, 2.45) is 7.05 Å². The smallest absolute Gasteiger partial charge is 0.297 e. The molecule has 3 heterocycles. The molecule has 1 fully saturated rings. The van der Waals surface area contributed by atoms with Crippen LogP contribution >= 0.6 is 11.8 Å². The van der Waals surface area contributed by atoms with Crippen LogP contribution in [0.1, 0.15) is 0 Å². The van der Waals surface area contributed by atoms with Gasteiger partial charge >= 0.3 is 0 Å². The molecule has 25 heavy (non-hydrogen) atoms. The maximum absolute atomic E-state index is 12.6. The molecule has 8 heteroatoms. The summed E-state index contributed by atoms with van der Waals surface area (Å²) in [5.41, 5.74) is 1.17. The molecule has 0 aliphatic carbocycles. The number of rotatable bonds is 3. The highest BCUT2D eigenvalue weighted by atomic mass is 32.2. The summed E-state index contributed by atoms with van der Waals surface area (Å²) in [5, 5.41) is 1.31. The Kier molecular flexibility index (Phi) is 4.22. The molecule has 2 aromatic heterocycles. The molecule has 0 atom stereocenters. The summed E-state index contributed by atoms with van der Waals surface area (Å²) in [6, 6.07) is 7.42. The third-order valence-electron chi connectivity index (χ3n) is 4.25. The minimum atomic E-state index is -0.248. The average molecular weight is 359 g/mol. The number of fused-ring (bicyclic) bond motifs is 3. The van der Waals surface area contributed by atoms with Gasteiger partial charge in [-0.1, -0.05) is 23.9 Å². The van der Waals surface area contributed by atoms with Crippen molar-refractivity contribution in [1.82, 2.24) is 14.5 Å². The summed E-state index contributed by atoms with van der Waals surface area (Å²) >= 11 is 1.27. The van der Waals surface area contributed by atoms with Crippen LogP contribution in [0.15, 0.2) is 38.6 Å². The molecular formula is C17H17N3O4S. The van der Waals surface area contributed by atoms with E-state index >= 15 is 0 Å². The first kappa shape index (κ1) is 16.2. The lowest BCUT2D eigenvalue weighted by Gasteiger charge is -2.26. The van der Waals surface area contributed by atoms with E-state index in [0.717, 1.165) is 5.39 Å². The molecule has 1 aliphatic heterocycles. The van der Waals surface area contributed by atoms with Gasteiger partial charge in [-0.15, -0.1) is 0 Å². The number of carbonyl (C=O) groups is 1. The van der Waals surface area contributed by atoms with Crippen LogP contribution in [0.3, 0.4) is 0 Å². The Labute approximate surface area is 147 Å². The molecule has 1 amide bonds. The van der Waals surface area contributed by atoms with Gasteiger partial charge in [-0.25, -0.2) is 4.98 Å². The van der Waals surface area contributed by atoms with E-state index in [9.17, 15) is 9.59 Å². The van der Waals surface area contributed by atoms with Gasteiger partial charge in [0, 0.05) is 25.5 Å². The molecule has 0 spiro atoms. The van der Waals surface area contributed by atoms with Crippen LogP contribution in [0.5, 0.6) is 0 Å². The molecule has 0 N–H and O–H groups in total. The number of morpholine rings is 1. The SMILES string of the molecule is Cn1c(SCC(=O)N2CCOCC2)nc2c(oc3ccccc32)c1=O. The van der Waals surface area contributed by atoms with Crippen LogP contribution in [-0.4, -0.2) is 52.4 Å². The fourth-order valence-corrected chi connectivity index (χ4v) is 3.72. The highest BCUT2D eigenvalue weighted by molar-refractivity contribution is 7.99. The molecule has 0 radical (unpaired) electrons. The second kappa shape index (κ2) is 6.53. The first-order chi connectivity index (χ1) is 12.1. The first-order valence-electron chi connectivity index (χ1n) is 8.02. The van der Waals surface area contributed by atoms with Crippen molar-refractivity contribution in [2.75, 3.05) is 32.1 Å². The lowest BCUT2D eigenvalue weighted by molar-refractivity contribution is -0.132. The van der Waals surface area contributed by atoms with Crippen molar-refractivity contribution >= 4 is 39.7 Å². The molecule has 1 saturated heterocycles. The number of hydrogen-bond donors (Lipinski definition) is 0. The second-order valence-corrected chi connectivity index (χ2v) is 6.76. The highest BCUT2D eigenvalue weighted by Crippen LogP contribution is 2.26. The van der Waals surface area contributed by atoms with Crippen molar-refractivity contribution in [3.8, 4) is 0 Å². The molecule has 0 saturated carbocycles. The van der Waals surface area contributed by atoms with Crippen molar-refractivity contribution in [3.05, 3.63) is 34.6 Å². The average Bonchev–Trinajstić information content (AvgIpc) is 3.03. The summed E-state index contributed by atoms with van der Waals surface area (Å²) in [7, 11) is 1.64. The van der Waals surface area contributed by atoms with E-state index in [1.54, 1.807) is 11.9 Å². The van der Waals surface area contributed by atoms with Gasteiger partial charge in [-0.3, -0.25) is 14.2 Å². The molecule has 0 bridgehead atoms. The Morgan fingerprint density at radius 1 is 1.28 bits per heavy atom. The Morgan fingerprint density at radius 3 is 2.84 bits per heavy atom. The normalized spacial score (nSPS) is 15.2. The van der Waals surface area contributed by atoms with Crippen LogP contribution in [0.25, 0.3) is 22.1 Å². The zero-order valence-corrected chi connectivity index (χ0v) is 14.5. The molecule has 0 unspecified atom stereocenters. The second-order valence-electron chi connectivity index (χ2n) is 5.82. The van der Waals surface area contributed by atoms with Crippen LogP contribution in [0, 0.1) is 0 Å². The van der Waals surface area contributed by atoms with Gasteiger partial charge in [-0.05, 0) is 12.1 Å². The predicted molar refractivity (Wildman–Crippen MR) is 94.9 cm³/mol. The van der Waals surface area contributed by atoms with E-state index in [2.05, 4.69) is 4.98 Å². The molecular weight excluding hydrogens is 342 g/mol. The fourth-order valence-electron chi connectivity index (χ4n) is 2.86. The Hall–Kier alpha value is -2.32. The minimum Gasteiger partial charge on any atom is -0.448 e. The number of furan rings is 1. The number of benzene rings is 1. The summed E-state index contributed by atoms with van der Waals surface area (Å²) in [6.07, 6.45) is 0. The van der Waals surface area contributed by atoms with E-state index in [1.807, 2.05) is 24.3 Å². The number of carbonyl (C=O) groups excluding carboxylic acids is 1. The summed E-state index contributed by atoms with van der Waals surface area (Å²) < 4.78 is 12.3. The number of thioether (sulfide) groups is 1. The molecule has 1 aromatic carbocycles. The van der Waals surface area contributed by atoms with Crippen molar-refractivity contribution in [3.63, 3.8) is 0 Å². The number of para-hydroxylation sites is 1. The third kappa shape index (κ3) is 2.91. The molecule has 7 nitrogen and oxygen atoms in total. The van der Waals surface area contributed by atoms with Crippen molar-refractivity contribution in [1.29, 1.82) is 0 Å². The highest BCUT2D eigenvalue weighted by Gasteiger charge is 2.20. The minimum absolute atomic E-state index is 0.0275. The summed E-state index contributed by atoms with van der Waals surface area (Å²) in [4.78, 5) is 31.2. The van der Waals surface area contributed by atoms with Gasteiger partial charge in [0.05, 0.1) is 19.0 Å². The van der Waals surface area contributed by atoms with Crippen LogP contribution in [0.4, 0.5) is 0 Å². The van der Waals surface area contributed by atoms with E-state index in [-0.39, 0.29) is 22.8 Å². The lowest BCUT2D eigenvalue weighted by Crippen LogP contribution is -2.41. The Morgan fingerprint density at radius 2 is 2.04 bits per heavy atom. The van der Waals surface area contributed by atoms with E-state index in [0.29, 0.717) is 42.6 Å². The van der Waals surface area contributed by atoms with E-state index in [1.165, 1.54) is 16.3 Å².